The van der Waals surface area contributed by atoms with E-state index in [0.717, 1.165) is 17.0 Å². The minimum Gasteiger partial charge on any atom is -0.457 e. The highest BCUT2D eigenvalue weighted by Crippen LogP contribution is 2.25. The van der Waals surface area contributed by atoms with Crippen molar-refractivity contribution in [2.45, 2.75) is 6.92 Å². The Morgan fingerprint density at radius 3 is 2.71 bits per heavy atom. The molecule has 0 aliphatic rings. The van der Waals surface area contributed by atoms with E-state index in [4.69, 9.17) is 4.74 Å². The number of hydrogen-bond donors (Lipinski definition) is 1. The number of aromatic nitrogens is 4. The number of aryl methyl sites for hydroxylation is 1. The van der Waals surface area contributed by atoms with Gasteiger partial charge < -0.3 is 4.74 Å². The van der Waals surface area contributed by atoms with Crippen LogP contribution in [0.2, 0.25) is 0 Å². The molecule has 0 fully saturated rings. The third kappa shape index (κ3) is 2.44. The van der Waals surface area contributed by atoms with Gasteiger partial charge in [-0.05, 0) is 42.8 Å². The second-order valence-corrected chi connectivity index (χ2v) is 5.39. The van der Waals surface area contributed by atoms with Crippen molar-refractivity contribution in [3.63, 3.8) is 0 Å². The Balaban J connectivity index is 1.77. The van der Waals surface area contributed by atoms with E-state index < -0.39 is 0 Å². The summed E-state index contributed by atoms with van der Waals surface area (Å²) in [6, 6.07) is 15.2. The Morgan fingerprint density at radius 1 is 1.08 bits per heavy atom. The maximum atomic E-state index is 12.3. The number of benzene rings is 2. The lowest BCUT2D eigenvalue weighted by atomic mass is 10.2. The third-order valence-corrected chi connectivity index (χ3v) is 3.75. The van der Waals surface area contributed by atoms with Crippen LogP contribution in [0.1, 0.15) is 5.56 Å². The Morgan fingerprint density at radius 2 is 1.92 bits per heavy atom. The van der Waals surface area contributed by atoms with E-state index in [-0.39, 0.29) is 5.69 Å². The molecule has 0 aliphatic carbocycles. The summed E-state index contributed by atoms with van der Waals surface area (Å²) < 4.78 is 7.40. The number of aromatic amines is 1. The standard InChI is InChI=1S/C18H14N4O2/c1-12-9-14(24-13-5-3-2-4-6-13)7-8-15(12)22-16-10-19-11-20-17(16)21-18(22)23/h2-11H,1H3,(H,19,20,21,23). The highest BCUT2D eigenvalue weighted by molar-refractivity contribution is 5.72. The third-order valence-electron chi connectivity index (χ3n) is 3.75. The molecule has 24 heavy (non-hydrogen) atoms. The molecule has 0 saturated heterocycles. The van der Waals surface area contributed by atoms with Crippen molar-refractivity contribution in [1.82, 2.24) is 19.5 Å². The Labute approximate surface area is 137 Å². The molecule has 118 valence electrons. The first kappa shape index (κ1) is 14.2. The van der Waals surface area contributed by atoms with Crippen LogP contribution in [0.4, 0.5) is 0 Å². The van der Waals surface area contributed by atoms with E-state index in [9.17, 15) is 4.79 Å². The monoisotopic (exact) mass is 318 g/mol. The van der Waals surface area contributed by atoms with Gasteiger partial charge in [-0.15, -0.1) is 0 Å². The van der Waals surface area contributed by atoms with Crippen molar-refractivity contribution in [2.24, 2.45) is 0 Å². The van der Waals surface area contributed by atoms with E-state index in [1.807, 2.05) is 55.5 Å². The first-order valence-corrected chi connectivity index (χ1v) is 7.47. The van der Waals surface area contributed by atoms with Crippen molar-refractivity contribution in [1.29, 1.82) is 0 Å². The lowest BCUT2D eigenvalue weighted by molar-refractivity contribution is 0.482. The maximum Gasteiger partial charge on any atom is 0.332 e. The minimum atomic E-state index is -0.245. The van der Waals surface area contributed by atoms with Gasteiger partial charge in [0.15, 0.2) is 5.65 Å². The normalized spacial score (nSPS) is 10.9. The molecule has 0 saturated carbocycles. The molecule has 0 aliphatic heterocycles. The van der Waals surface area contributed by atoms with Gasteiger partial charge in [0.2, 0.25) is 0 Å². The van der Waals surface area contributed by atoms with Crippen LogP contribution in [-0.2, 0) is 0 Å². The first-order chi connectivity index (χ1) is 11.7. The quantitative estimate of drug-likeness (QED) is 0.629. The van der Waals surface area contributed by atoms with E-state index in [2.05, 4.69) is 15.0 Å². The molecule has 4 aromatic rings. The number of fused-ring (bicyclic) bond motifs is 1. The van der Waals surface area contributed by atoms with Gasteiger partial charge in [0.25, 0.3) is 0 Å². The summed E-state index contributed by atoms with van der Waals surface area (Å²) in [5.74, 6) is 1.48. The van der Waals surface area contributed by atoms with Crippen LogP contribution in [0.3, 0.4) is 0 Å². The van der Waals surface area contributed by atoms with E-state index in [0.29, 0.717) is 16.9 Å². The van der Waals surface area contributed by atoms with Crippen molar-refractivity contribution >= 4 is 11.2 Å². The zero-order valence-electron chi connectivity index (χ0n) is 12.9. The van der Waals surface area contributed by atoms with Gasteiger partial charge >= 0.3 is 5.69 Å². The Bertz CT molecular complexity index is 1070. The fraction of sp³-hybridized carbons (Fsp3) is 0.0556. The zero-order valence-corrected chi connectivity index (χ0v) is 12.9. The molecular formula is C18H14N4O2. The average Bonchev–Trinajstić information content (AvgIpc) is 2.92. The van der Waals surface area contributed by atoms with Crippen LogP contribution in [0.5, 0.6) is 11.5 Å². The summed E-state index contributed by atoms with van der Waals surface area (Å²) in [6.07, 6.45) is 3.03. The molecule has 0 bridgehead atoms. The first-order valence-electron chi connectivity index (χ1n) is 7.47. The topological polar surface area (TPSA) is 72.8 Å². The van der Waals surface area contributed by atoms with E-state index in [1.54, 1.807) is 10.8 Å². The molecule has 2 aromatic carbocycles. The molecule has 6 nitrogen and oxygen atoms in total. The van der Waals surface area contributed by atoms with Crippen LogP contribution in [0.25, 0.3) is 16.9 Å². The van der Waals surface area contributed by atoms with Gasteiger partial charge in [0, 0.05) is 0 Å². The van der Waals surface area contributed by atoms with Crippen molar-refractivity contribution in [3.05, 3.63) is 77.1 Å². The Kier molecular flexibility index (Phi) is 3.35. The lowest BCUT2D eigenvalue weighted by Crippen LogP contribution is -2.15. The SMILES string of the molecule is Cc1cc(Oc2ccccc2)ccc1-n1c(=O)[nH]c2ncncc21. The van der Waals surface area contributed by atoms with Crippen LogP contribution < -0.4 is 10.4 Å². The number of imidazole rings is 1. The molecule has 2 heterocycles. The summed E-state index contributed by atoms with van der Waals surface area (Å²) >= 11 is 0. The summed E-state index contributed by atoms with van der Waals surface area (Å²) in [5.41, 5.74) is 2.59. The molecule has 0 atom stereocenters. The van der Waals surface area contributed by atoms with Gasteiger partial charge in [0.1, 0.15) is 23.3 Å². The largest absolute Gasteiger partial charge is 0.457 e. The Hall–Kier alpha value is -3.41. The second kappa shape index (κ2) is 5.66. The lowest BCUT2D eigenvalue weighted by Gasteiger charge is -2.10. The fourth-order valence-electron chi connectivity index (χ4n) is 2.65. The number of nitrogens with zero attached hydrogens (tertiary/aromatic N) is 3. The number of hydrogen-bond acceptors (Lipinski definition) is 4. The van der Waals surface area contributed by atoms with Gasteiger partial charge in [-0.1, -0.05) is 18.2 Å². The number of nitrogens with one attached hydrogen (secondary N) is 1. The highest BCUT2D eigenvalue weighted by atomic mass is 16.5. The summed E-state index contributed by atoms with van der Waals surface area (Å²) in [7, 11) is 0. The fourth-order valence-corrected chi connectivity index (χ4v) is 2.65. The van der Waals surface area contributed by atoms with Crippen LogP contribution in [0, 0.1) is 6.92 Å². The van der Waals surface area contributed by atoms with E-state index in [1.165, 1.54) is 6.33 Å². The van der Waals surface area contributed by atoms with Crippen LogP contribution >= 0.6 is 0 Å². The molecule has 0 unspecified atom stereocenters. The van der Waals surface area contributed by atoms with Crippen molar-refractivity contribution in [2.75, 3.05) is 0 Å². The minimum absolute atomic E-state index is 0.245. The number of para-hydroxylation sites is 1. The summed E-state index contributed by atoms with van der Waals surface area (Å²) in [4.78, 5) is 23.1. The molecule has 1 N–H and O–H groups in total. The maximum absolute atomic E-state index is 12.3. The molecule has 0 spiro atoms. The molecule has 0 amide bonds. The van der Waals surface area contributed by atoms with Crippen molar-refractivity contribution < 1.29 is 4.74 Å². The zero-order chi connectivity index (χ0) is 16.5. The molecular weight excluding hydrogens is 304 g/mol. The predicted molar refractivity (Wildman–Crippen MR) is 90.7 cm³/mol. The molecule has 2 aromatic heterocycles. The number of ether oxygens (including phenoxy) is 1. The molecule has 4 rings (SSSR count). The van der Waals surface area contributed by atoms with Gasteiger partial charge in [0.05, 0.1) is 11.9 Å². The summed E-state index contributed by atoms with van der Waals surface area (Å²) in [6.45, 7) is 1.93. The van der Waals surface area contributed by atoms with Crippen molar-refractivity contribution in [3.8, 4) is 17.2 Å². The number of H-pyrrole nitrogens is 1. The predicted octanol–water partition coefficient (Wildman–Crippen LogP) is 3.21. The van der Waals surface area contributed by atoms with Crippen LogP contribution in [0.15, 0.2) is 65.8 Å². The summed E-state index contributed by atoms with van der Waals surface area (Å²) in [5, 5.41) is 0. The van der Waals surface area contributed by atoms with Gasteiger partial charge in [-0.3, -0.25) is 9.55 Å². The van der Waals surface area contributed by atoms with Gasteiger partial charge in [-0.2, -0.15) is 0 Å². The molecule has 6 heteroatoms. The number of rotatable bonds is 3. The van der Waals surface area contributed by atoms with E-state index >= 15 is 0 Å². The van der Waals surface area contributed by atoms with Crippen LogP contribution in [-0.4, -0.2) is 19.5 Å². The van der Waals surface area contributed by atoms with Gasteiger partial charge in [-0.25, -0.2) is 14.8 Å². The second-order valence-electron chi connectivity index (χ2n) is 5.39. The molecule has 0 radical (unpaired) electrons. The highest BCUT2D eigenvalue weighted by Gasteiger charge is 2.12. The average molecular weight is 318 g/mol. The smallest absolute Gasteiger partial charge is 0.332 e.